The Kier molecular flexibility index (Phi) is 7.16. The molecule has 5 N–H and O–H groups in total. The van der Waals surface area contributed by atoms with E-state index in [1.807, 2.05) is 11.0 Å². The Bertz CT molecular complexity index is 1470. The number of aliphatic hydroxyl groups excluding tert-OH is 2. The van der Waals surface area contributed by atoms with E-state index in [9.17, 15) is 19.8 Å². The van der Waals surface area contributed by atoms with Crippen LogP contribution in [0, 0.1) is 0 Å². The maximum absolute atomic E-state index is 13.1. The van der Waals surface area contributed by atoms with Crippen LogP contribution in [-0.4, -0.2) is 63.1 Å². The molecule has 1 aliphatic heterocycles. The number of fused-ring (bicyclic) bond motifs is 1. The number of piperazine rings is 1. The maximum atomic E-state index is 13.1. The van der Waals surface area contributed by atoms with Crippen molar-refractivity contribution in [3.05, 3.63) is 89.0 Å². The highest BCUT2D eigenvalue weighted by atomic mass is 16.3. The first-order valence-electron chi connectivity index (χ1n) is 12.3. The molecule has 194 valence electrons. The van der Waals surface area contributed by atoms with Gasteiger partial charge in [0.1, 0.15) is 5.82 Å². The second-order valence-electron chi connectivity index (χ2n) is 9.04. The lowest BCUT2D eigenvalue weighted by atomic mass is 10.1. The molecule has 0 unspecified atom stereocenters. The fourth-order valence-corrected chi connectivity index (χ4v) is 4.49. The molecular weight excluding hydrogens is 484 g/mol. The van der Waals surface area contributed by atoms with Crippen LogP contribution in [0.1, 0.15) is 31.8 Å². The fourth-order valence-electron chi connectivity index (χ4n) is 4.49. The highest BCUT2D eigenvalue weighted by molar-refractivity contribution is 6.04. The highest BCUT2D eigenvalue weighted by Gasteiger charge is 2.24. The quantitative estimate of drug-likeness (QED) is 0.308. The minimum atomic E-state index is -0.216. The lowest BCUT2D eigenvalue weighted by molar-refractivity contribution is 0.0746. The molecule has 0 atom stereocenters. The summed E-state index contributed by atoms with van der Waals surface area (Å²) in [5, 5.41) is 22.6. The van der Waals surface area contributed by atoms with Gasteiger partial charge in [0.05, 0.1) is 18.7 Å². The topological polar surface area (TPSA) is 145 Å². The van der Waals surface area contributed by atoms with Crippen LogP contribution in [0.5, 0.6) is 0 Å². The number of nitrogens with one attached hydrogen (secondary N) is 1. The van der Waals surface area contributed by atoms with E-state index in [0.717, 1.165) is 0 Å². The number of nitrogens with two attached hydrogens (primary N) is 1. The summed E-state index contributed by atoms with van der Waals surface area (Å²) < 4.78 is 0. The van der Waals surface area contributed by atoms with Crippen molar-refractivity contribution in [2.24, 2.45) is 0 Å². The van der Waals surface area contributed by atoms with Gasteiger partial charge in [-0.2, -0.15) is 4.98 Å². The van der Waals surface area contributed by atoms with Crippen LogP contribution in [-0.2, 0) is 13.2 Å². The summed E-state index contributed by atoms with van der Waals surface area (Å²) in [7, 11) is 0. The number of benzene rings is 3. The predicted octanol–water partition coefficient (Wildman–Crippen LogP) is 2.41. The molecule has 2 amide bonds. The minimum absolute atomic E-state index is 0.0892. The highest BCUT2D eigenvalue weighted by Crippen LogP contribution is 2.26. The number of aliphatic hydroxyl groups is 2. The zero-order valence-electron chi connectivity index (χ0n) is 20.7. The van der Waals surface area contributed by atoms with Crippen LogP contribution in [0.4, 0.5) is 17.5 Å². The van der Waals surface area contributed by atoms with Crippen molar-refractivity contribution in [3.63, 3.8) is 0 Å². The van der Waals surface area contributed by atoms with Crippen LogP contribution in [0.2, 0.25) is 0 Å². The van der Waals surface area contributed by atoms with Crippen molar-refractivity contribution < 1.29 is 19.8 Å². The van der Waals surface area contributed by atoms with Crippen molar-refractivity contribution in [2.45, 2.75) is 13.2 Å². The summed E-state index contributed by atoms with van der Waals surface area (Å²) in [4.78, 5) is 38.3. The summed E-state index contributed by atoms with van der Waals surface area (Å²) in [5.74, 6) is 0.454. The van der Waals surface area contributed by atoms with E-state index in [1.54, 1.807) is 65.6 Å². The standard InChI is InChI=1S/C28H28N6O4/c29-25-23-14-20(16-35)21(17-36)15-24(23)31-28(32-25)34-12-10-33(11-13-34)27(38)19-6-8-22(9-7-19)30-26(37)18-4-2-1-3-5-18/h1-9,14-15,35-36H,10-13,16-17H2,(H,30,37)(H2,29,31,32). The average molecular weight is 513 g/mol. The van der Waals surface area contributed by atoms with Crippen LogP contribution in [0.15, 0.2) is 66.7 Å². The zero-order valence-corrected chi connectivity index (χ0v) is 20.7. The number of amides is 2. The number of hydrogen-bond donors (Lipinski definition) is 4. The number of hydrogen-bond acceptors (Lipinski definition) is 8. The minimum Gasteiger partial charge on any atom is -0.392 e. The average Bonchev–Trinajstić information content (AvgIpc) is 2.97. The molecule has 0 aliphatic carbocycles. The molecule has 4 aromatic rings. The van der Waals surface area contributed by atoms with Gasteiger partial charge in [0.15, 0.2) is 0 Å². The first-order chi connectivity index (χ1) is 18.5. The van der Waals surface area contributed by atoms with Gasteiger partial charge in [-0.05, 0) is 59.7 Å². The SMILES string of the molecule is Nc1nc(N2CCN(C(=O)c3ccc(NC(=O)c4ccccc4)cc3)CC2)nc2cc(CO)c(CO)cc12. The molecule has 1 aromatic heterocycles. The molecule has 0 saturated carbocycles. The Hall–Kier alpha value is -4.54. The number of nitrogens with zero attached hydrogens (tertiary/aromatic N) is 4. The third kappa shape index (κ3) is 5.13. The normalized spacial score (nSPS) is 13.5. The monoisotopic (exact) mass is 512 g/mol. The van der Waals surface area contributed by atoms with E-state index < -0.39 is 0 Å². The number of carbonyl (C=O) groups excluding carboxylic acids is 2. The van der Waals surface area contributed by atoms with Gasteiger partial charge < -0.3 is 31.1 Å². The molecule has 1 aliphatic rings. The Labute approximate surface area is 219 Å². The third-order valence-electron chi connectivity index (χ3n) is 6.65. The second kappa shape index (κ2) is 10.8. The van der Waals surface area contributed by atoms with Crippen molar-refractivity contribution in [2.75, 3.05) is 42.1 Å². The molecule has 0 radical (unpaired) electrons. The molecule has 1 saturated heterocycles. The molecular formula is C28H28N6O4. The van der Waals surface area contributed by atoms with Crippen LogP contribution < -0.4 is 16.0 Å². The lowest BCUT2D eigenvalue weighted by Gasteiger charge is -2.35. The molecule has 10 nitrogen and oxygen atoms in total. The van der Waals surface area contributed by atoms with E-state index in [1.165, 1.54) is 0 Å². The van der Waals surface area contributed by atoms with Gasteiger partial charge in [-0.3, -0.25) is 9.59 Å². The second-order valence-corrected chi connectivity index (χ2v) is 9.04. The Morgan fingerprint density at radius 3 is 2.16 bits per heavy atom. The Morgan fingerprint density at radius 2 is 1.50 bits per heavy atom. The van der Waals surface area contributed by atoms with E-state index >= 15 is 0 Å². The van der Waals surface area contributed by atoms with Gasteiger partial charge >= 0.3 is 0 Å². The van der Waals surface area contributed by atoms with E-state index in [4.69, 9.17) is 5.73 Å². The molecule has 0 bridgehead atoms. The van der Waals surface area contributed by atoms with Gasteiger partial charge in [-0.25, -0.2) is 4.98 Å². The molecule has 10 heteroatoms. The van der Waals surface area contributed by atoms with Gasteiger partial charge in [0, 0.05) is 48.4 Å². The third-order valence-corrected chi connectivity index (χ3v) is 6.65. The summed E-state index contributed by atoms with van der Waals surface area (Å²) in [6.07, 6.45) is 0. The maximum Gasteiger partial charge on any atom is 0.255 e. The molecule has 3 aromatic carbocycles. The predicted molar refractivity (Wildman–Crippen MR) is 145 cm³/mol. The zero-order chi connectivity index (χ0) is 26.6. The fraction of sp³-hybridized carbons (Fsp3) is 0.214. The van der Waals surface area contributed by atoms with Crippen molar-refractivity contribution >= 4 is 40.2 Å². The smallest absolute Gasteiger partial charge is 0.255 e. The van der Waals surface area contributed by atoms with Crippen molar-refractivity contribution in [1.29, 1.82) is 0 Å². The number of rotatable bonds is 6. The van der Waals surface area contributed by atoms with Crippen molar-refractivity contribution in [3.8, 4) is 0 Å². The first-order valence-corrected chi connectivity index (χ1v) is 12.3. The van der Waals surface area contributed by atoms with Crippen LogP contribution in [0.25, 0.3) is 10.9 Å². The van der Waals surface area contributed by atoms with Gasteiger partial charge in [0.25, 0.3) is 11.8 Å². The Morgan fingerprint density at radius 1 is 0.842 bits per heavy atom. The number of aromatic nitrogens is 2. The number of anilines is 3. The Balaban J connectivity index is 1.23. The summed E-state index contributed by atoms with van der Waals surface area (Å²) in [6.45, 7) is 1.60. The van der Waals surface area contributed by atoms with E-state index in [2.05, 4.69) is 15.3 Å². The first kappa shape index (κ1) is 25.1. The molecule has 1 fully saturated rings. The van der Waals surface area contributed by atoms with Crippen molar-refractivity contribution in [1.82, 2.24) is 14.9 Å². The largest absolute Gasteiger partial charge is 0.392 e. The number of nitrogen functional groups attached to an aromatic ring is 1. The number of carbonyl (C=O) groups is 2. The lowest BCUT2D eigenvalue weighted by Crippen LogP contribution is -2.49. The molecule has 5 rings (SSSR count). The summed E-state index contributed by atoms with van der Waals surface area (Å²) in [5.41, 5.74) is 9.67. The van der Waals surface area contributed by atoms with Gasteiger partial charge in [0.2, 0.25) is 5.95 Å². The summed E-state index contributed by atoms with van der Waals surface area (Å²) >= 11 is 0. The van der Waals surface area contributed by atoms with Gasteiger partial charge in [-0.1, -0.05) is 18.2 Å². The van der Waals surface area contributed by atoms with E-state index in [0.29, 0.717) is 76.8 Å². The van der Waals surface area contributed by atoms with Crippen LogP contribution >= 0.6 is 0 Å². The molecule has 2 heterocycles. The van der Waals surface area contributed by atoms with Crippen LogP contribution in [0.3, 0.4) is 0 Å². The molecule has 38 heavy (non-hydrogen) atoms. The van der Waals surface area contributed by atoms with Gasteiger partial charge in [-0.15, -0.1) is 0 Å². The summed E-state index contributed by atoms with van der Waals surface area (Å²) in [6, 6.07) is 19.2. The van der Waals surface area contributed by atoms with E-state index in [-0.39, 0.29) is 25.0 Å². The molecule has 0 spiro atoms.